The van der Waals surface area contributed by atoms with Gasteiger partial charge in [0.05, 0.1) is 5.69 Å². The van der Waals surface area contributed by atoms with E-state index in [-0.39, 0.29) is 17.3 Å². The zero-order chi connectivity index (χ0) is 22.3. The zero-order valence-corrected chi connectivity index (χ0v) is 19.4. The van der Waals surface area contributed by atoms with Gasteiger partial charge in [-0.1, -0.05) is 41.1 Å². The SMILES string of the molecule is CC(C)c1cc(N(C)c2nc(-c3ccc(F)cc3)c(C#N)s2)c2cc(Br)cc(F)c2n1. The van der Waals surface area contributed by atoms with Gasteiger partial charge in [-0.3, -0.25) is 0 Å². The fourth-order valence-electron chi connectivity index (χ4n) is 3.26. The molecular weight excluding hydrogens is 482 g/mol. The molecule has 0 amide bonds. The van der Waals surface area contributed by atoms with Crippen LogP contribution in [0.1, 0.15) is 30.3 Å². The lowest BCUT2D eigenvalue weighted by atomic mass is 10.1. The van der Waals surface area contributed by atoms with Gasteiger partial charge in [0.1, 0.15) is 28.0 Å². The Morgan fingerprint density at radius 2 is 1.81 bits per heavy atom. The molecule has 0 aliphatic rings. The van der Waals surface area contributed by atoms with Gasteiger partial charge >= 0.3 is 0 Å². The lowest BCUT2D eigenvalue weighted by Crippen LogP contribution is -2.11. The maximum absolute atomic E-state index is 14.7. The van der Waals surface area contributed by atoms with Crippen LogP contribution in [0.25, 0.3) is 22.2 Å². The van der Waals surface area contributed by atoms with Gasteiger partial charge in [0.2, 0.25) is 0 Å². The Bertz CT molecular complexity index is 1330. The number of nitrogens with zero attached hydrogens (tertiary/aromatic N) is 4. The standard InChI is InChI=1S/C23H17BrF2N4S/c1-12(2)18-10-19(16-8-14(24)9-17(26)22(16)28-18)30(3)23-29-21(20(11-27)31-23)13-4-6-15(25)7-5-13/h4-10,12H,1-3H3. The van der Waals surface area contributed by atoms with Crippen molar-refractivity contribution in [2.24, 2.45) is 0 Å². The highest BCUT2D eigenvalue weighted by Crippen LogP contribution is 2.39. The summed E-state index contributed by atoms with van der Waals surface area (Å²) in [7, 11) is 1.83. The number of pyridine rings is 1. The minimum atomic E-state index is -0.412. The molecule has 0 aliphatic carbocycles. The van der Waals surface area contributed by atoms with E-state index >= 15 is 0 Å². The molecule has 156 valence electrons. The van der Waals surface area contributed by atoms with Crippen molar-refractivity contribution >= 4 is 49.0 Å². The van der Waals surface area contributed by atoms with Crippen LogP contribution in [0.3, 0.4) is 0 Å². The minimum Gasteiger partial charge on any atom is -0.320 e. The molecule has 4 aromatic rings. The Morgan fingerprint density at radius 3 is 2.45 bits per heavy atom. The van der Waals surface area contributed by atoms with Crippen LogP contribution in [0.5, 0.6) is 0 Å². The molecule has 0 fully saturated rings. The molecule has 31 heavy (non-hydrogen) atoms. The van der Waals surface area contributed by atoms with Crippen molar-refractivity contribution in [1.29, 1.82) is 5.26 Å². The molecule has 0 unspecified atom stereocenters. The summed E-state index contributed by atoms with van der Waals surface area (Å²) in [5.41, 5.74) is 2.92. The molecule has 0 atom stereocenters. The molecule has 2 heterocycles. The Balaban J connectivity index is 1.89. The normalized spacial score (nSPS) is 11.2. The number of hydrogen-bond acceptors (Lipinski definition) is 5. The first-order valence-corrected chi connectivity index (χ1v) is 11.1. The summed E-state index contributed by atoms with van der Waals surface area (Å²) in [5.74, 6) is -0.669. The van der Waals surface area contributed by atoms with Gasteiger partial charge in [0, 0.05) is 28.2 Å². The smallest absolute Gasteiger partial charge is 0.191 e. The number of benzene rings is 2. The van der Waals surface area contributed by atoms with Crippen LogP contribution in [0.4, 0.5) is 19.6 Å². The topological polar surface area (TPSA) is 52.8 Å². The maximum atomic E-state index is 14.7. The number of nitriles is 1. The van der Waals surface area contributed by atoms with Crippen LogP contribution in [0.2, 0.25) is 0 Å². The summed E-state index contributed by atoms with van der Waals surface area (Å²) in [6.07, 6.45) is 0. The second kappa shape index (κ2) is 8.33. The molecule has 4 rings (SSSR count). The van der Waals surface area contributed by atoms with Gasteiger partial charge in [0.25, 0.3) is 0 Å². The van der Waals surface area contributed by atoms with Crippen molar-refractivity contribution in [3.63, 3.8) is 0 Å². The van der Waals surface area contributed by atoms with E-state index in [1.165, 1.54) is 29.5 Å². The van der Waals surface area contributed by atoms with Crippen LogP contribution in [0, 0.1) is 23.0 Å². The van der Waals surface area contributed by atoms with Crippen molar-refractivity contribution in [2.45, 2.75) is 19.8 Å². The van der Waals surface area contributed by atoms with Crippen LogP contribution >= 0.6 is 27.3 Å². The third-order valence-corrected chi connectivity index (χ3v) is 6.40. The number of halogens is 3. The van der Waals surface area contributed by atoms with Gasteiger partial charge in [-0.25, -0.2) is 18.7 Å². The van der Waals surface area contributed by atoms with Gasteiger partial charge in [-0.15, -0.1) is 0 Å². The van der Waals surface area contributed by atoms with Crippen LogP contribution in [-0.4, -0.2) is 17.0 Å². The average molecular weight is 499 g/mol. The largest absolute Gasteiger partial charge is 0.320 e. The van der Waals surface area contributed by atoms with Crippen molar-refractivity contribution in [1.82, 2.24) is 9.97 Å². The van der Waals surface area contributed by atoms with Gasteiger partial charge in [-0.2, -0.15) is 5.26 Å². The van der Waals surface area contributed by atoms with E-state index in [0.717, 1.165) is 11.4 Å². The van der Waals surface area contributed by atoms with E-state index in [0.29, 0.717) is 31.1 Å². The lowest BCUT2D eigenvalue weighted by molar-refractivity contribution is 0.628. The molecule has 2 aromatic heterocycles. The molecule has 0 aliphatic heterocycles. The Hall–Kier alpha value is -2.89. The third kappa shape index (κ3) is 4.03. The second-order valence-corrected chi connectivity index (χ2v) is 9.25. The maximum Gasteiger partial charge on any atom is 0.191 e. The number of thiazole rings is 1. The van der Waals surface area contributed by atoms with E-state index in [2.05, 4.69) is 32.0 Å². The predicted molar refractivity (Wildman–Crippen MR) is 124 cm³/mol. The quantitative estimate of drug-likeness (QED) is 0.299. The first-order chi connectivity index (χ1) is 14.8. The summed E-state index contributed by atoms with van der Waals surface area (Å²) in [4.78, 5) is 11.4. The number of aromatic nitrogens is 2. The average Bonchev–Trinajstić information content (AvgIpc) is 3.17. The van der Waals surface area contributed by atoms with Crippen molar-refractivity contribution in [3.05, 3.63) is 69.1 Å². The molecule has 0 bridgehead atoms. The fourth-order valence-corrected chi connectivity index (χ4v) is 4.55. The highest BCUT2D eigenvalue weighted by Gasteiger charge is 2.21. The molecule has 0 saturated carbocycles. The number of anilines is 2. The fraction of sp³-hybridized carbons (Fsp3) is 0.174. The number of fused-ring (bicyclic) bond motifs is 1. The first-order valence-electron chi connectivity index (χ1n) is 9.48. The molecule has 0 radical (unpaired) electrons. The molecule has 4 nitrogen and oxygen atoms in total. The van der Waals surface area contributed by atoms with Crippen molar-refractivity contribution in [3.8, 4) is 17.3 Å². The Kier molecular flexibility index (Phi) is 5.73. The summed E-state index contributed by atoms with van der Waals surface area (Å²) < 4.78 is 28.6. The van der Waals surface area contributed by atoms with Crippen molar-refractivity contribution in [2.75, 3.05) is 11.9 Å². The van der Waals surface area contributed by atoms with E-state index < -0.39 is 5.82 Å². The van der Waals surface area contributed by atoms with Crippen LogP contribution in [-0.2, 0) is 0 Å². The molecular formula is C23H17BrF2N4S. The minimum absolute atomic E-state index is 0.0975. The van der Waals surface area contributed by atoms with Crippen LogP contribution < -0.4 is 4.90 Å². The van der Waals surface area contributed by atoms with Gasteiger partial charge in [0.15, 0.2) is 10.9 Å². The van der Waals surface area contributed by atoms with E-state index in [4.69, 9.17) is 0 Å². The van der Waals surface area contributed by atoms with Crippen LogP contribution in [0.15, 0.2) is 46.9 Å². The molecule has 0 N–H and O–H groups in total. The number of hydrogen-bond donors (Lipinski definition) is 0. The van der Waals surface area contributed by atoms with E-state index in [1.54, 1.807) is 12.1 Å². The zero-order valence-electron chi connectivity index (χ0n) is 16.9. The monoisotopic (exact) mass is 498 g/mol. The highest BCUT2D eigenvalue weighted by atomic mass is 79.9. The van der Waals surface area contributed by atoms with E-state index in [1.807, 2.05) is 37.9 Å². The molecule has 8 heteroatoms. The summed E-state index contributed by atoms with van der Waals surface area (Å²) in [6, 6.07) is 13.2. The summed E-state index contributed by atoms with van der Waals surface area (Å²) >= 11 is 4.59. The Labute approximate surface area is 190 Å². The molecule has 0 saturated heterocycles. The third-order valence-electron chi connectivity index (χ3n) is 4.90. The summed E-state index contributed by atoms with van der Waals surface area (Å²) in [5, 5.41) is 10.8. The molecule has 0 spiro atoms. The first kappa shape index (κ1) is 21.3. The highest BCUT2D eigenvalue weighted by molar-refractivity contribution is 9.10. The van der Waals surface area contributed by atoms with E-state index in [9.17, 15) is 14.0 Å². The van der Waals surface area contributed by atoms with Crippen molar-refractivity contribution < 1.29 is 8.78 Å². The van der Waals surface area contributed by atoms with Gasteiger partial charge < -0.3 is 4.90 Å². The summed E-state index contributed by atoms with van der Waals surface area (Å²) in [6.45, 7) is 4.00. The molecule has 2 aromatic carbocycles. The lowest BCUT2D eigenvalue weighted by Gasteiger charge is -2.20. The predicted octanol–water partition coefficient (Wildman–Crippen LogP) is 7.16. The Morgan fingerprint density at radius 1 is 1.10 bits per heavy atom. The number of rotatable bonds is 4. The second-order valence-electron chi connectivity index (χ2n) is 7.36. The van der Waals surface area contributed by atoms with Gasteiger partial charge in [-0.05, 0) is 48.4 Å².